The van der Waals surface area contributed by atoms with Gasteiger partial charge in [-0.05, 0) is 24.1 Å². The Hall–Kier alpha value is -0.620. The van der Waals surface area contributed by atoms with Crippen LogP contribution in [0.4, 0.5) is 5.82 Å². The van der Waals surface area contributed by atoms with E-state index in [0.717, 1.165) is 26.5 Å². The van der Waals surface area contributed by atoms with Gasteiger partial charge in [0.1, 0.15) is 10.8 Å². The standard InChI is InChI=1S/C12H11ClIN5OS2/c1-6-4-19(22-14)11-9(6)10(17-12(13)18-11)16-3-8-15-2-7(5-20)21-8/h2,4,20H,3,5H2,1H3,(H,16,17,18). The second-order valence-corrected chi connectivity index (χ2v) is 7.73. The molecule has 3 heterocycles. The van der Waals surface area contributed by atoms with E-state index in [1.807, 2.05) is 17.1 Å². The lowest BCUT2D eigenvalue weighted by molar-refractivity contribution is 0.285. The topological polar surface area (TPSA) is 75.9 Å². The van der Waals surface area contributed by atoms with E-state index in [4.69, 9.17) is 16.7 Å². The Labute approximate surface area is 152 Å². The number of rotatable bonds is 5. The van der Waals surface area contributed by atoms with Crippen LogP contribution in [0.2, 0.25) is 5.28 Å². The average molecular weight is 468 g/mol. The lowest BCUT2D eigenvalue weighted by Crippen LogP contribution is -2.03. The van der Waals surface area contributed by atoms with Crippen LogP contribution in [0, 0.1) is 6.92 Å². The van der Waals surface area contributed by atoms with Gasteiger partial charge in [-0.3, -0.25) is 3.97 Å². The Morgan fingerprint density at radius 3 is 3.00 bits per heavy atom. The van der Waals surface area contributed by atoms with E-state index < -0.39 is 0 Å². The van der Waals surface area contributed by atoms with Crippen LogP contribution in [0.1, 0.15) is 15.4 Å². The maximum Gasteiger partial charge on any atom is 0.226 e. The molecular weight excluding hydrogens is 457 g/mol. The van der Waals surface area contributed by atoms with E-state index in [-0.39, 0.29) is 11.9 Å². The summed E-state index contributed by atoms with van der Waals surface area (Å²) in [5.74, 6) is 0.692. The van der Waals surface area contributed by atoms with Gasteiger partial charge in [0.05, 0.1) is 23.4 Å². The number of nitrogens with zero attached hydrogens (tertiary/aromatic N) is 4. The minimum Gasteiger partial charge on any atom is -0.391 e. The molecule has 2 N–H and O–H groups in total. The van der Waals surface area contributed by atoms with Gasteiger partial charge in [0.15, 0.2) is 5.65 Å². The minimum absolute atomic E-state index is 0.0100. The van der Waals surface area contributed by atoms with Crippen molar-refractivity contribution < 1.29 is 5.11 Å². The fourth-order valence-corrected chi connectivity index (χ4v) is 4.27. The summed E-state index contributed by atoms with van der Waals surface area (Å²) in [7, 11) is 1.53. The van der Waals surface area contributed by atoms with Crippen LogP contribution in [0.15, 0.2) is 12.4 Å². The zero-order chi connectivity index (χ0) is 15.7. The Balaban J connectivity index is 1.94. The van der Waals surface area contributed by atoms with Crippen molar-refractivity contribution in [3.8, 4) is 0 Å². The largest absolute Gasteiger partial charge is 0.391 e. The van der Waals surface area contributed by atoms with Gasteiger partial charge in [-0.15, -0.1) is 11.3 Å². The van der Waals surface area contributed by atoms with Crippen molar-refractivity contribution in [3.05, 3.63) is 33.1 Å². The smallest absolute Gasteiger partial charge is 0.226 e. The van der Waals surface area contributed by atoms with Crippen molar-refractivity contribution in [3.63, 3.8) is 0 Å². The normalized spacial score (nSPS) is 11.3. The van der Waals surface area contributed by atoms with Gasteiger partial charge in [0, 0.05) is 42.7 Å². The van der Waals surface area contributed by atoms with E-state index in [1.165, 1.54) is 20.5 Å². The highest BCUT2D eigenvalue weighted by Gasteiger charge is 2.15. The molecule has 0 aliphatic heterocycles. The molecule has 0 bridgehead atoms. The highest BCUT2D eigenvalue weighted by atomic mass is 127. The number of halogens is 2. The zero-order valence-electron chi connectivity index (χ0n) is 11.4. The maximum absolute atomic E-state index is 9.09. The number of hydrogen-bond acceptors (Lipinski definition) is 7. The summed E-state index contributed by atoms with van der Waals surface area (Å²) in [5, 5.41) is 14.4. The van der Waals surface area contributed by atoms with Crippen LogP contribution in [-0.2, 0) is 13.2 Å². The van der Waals surface area contributed by atoms with Gasteiger partial charge < -0.3 is 10.4 Å². The van der Waals surface area contributed by atoms with Crippen LogP contribution in [0.25, 0.3) is 11.0 Å². The number of hydrogen-bond donors (Lipinski definition) is 2. The molecule has 116 valence electrons. The minimum atomic E-state index is 0.0100. The Morgan fingerprint density at radius 1 is 1.50 bits per heavy atom. The summed E-state index contributed by atoms with van der Waals surface area (Å²) in [6.07, 6.45) is 3.68. The van der Waals surface area contributed by atoms with Crippen LogP contribution < -0.4 is 5.32 Å². The third-order valence-corrected chi connectivity index (χ3v) is 5.87. The summed E-state index contributed by atoms with van der Waals surface area (Å²) >= 11 is 9.70. The van der Waals surface area contributed by atoms with Gasteiger partial charge in [-0.25, -0.2) is 9.97 Å². The molecule has 0 saturated heterocycles. The van der Waals surface area contributed by atoms with Gasteiger partial charge in [0.2, 0.25) is 5.28 Å². The van der Waals surface area contributed by atoms with E-state index in [1.54, 1.807) is 6.20 Å². The number of fused-ring (bicyclic) bond motifs is 1. The van der Waals surface area contributed by atoms with E-state index in [9.17, 15) is 0 Å². The van der Waals surface area contributed by atoms with Gasteiger partial charge in [-0.1, -0.05) is 0 Å². The van der Waals surface area contributed by atoms with Crippen LogP contribution in [-0.4, -0.2) is 24.0 Å². The van der Waals surface area contributed by atoms with Crippen molar-refractivity contribution in [2.75, 3.05) is 5.32 Å². The van der Waals surface area contributed by atoms with Gasteiger partial charge in [-0.2, -0.15) is 4.98 Å². The van der Waals surface area contributed by atoms with Crippen LogP contribution >= 0.6 is 53.3 Å². The molecule has 0 aliphatic rings. The number of aryl methyl sites for hydroxylation is 1. The summed E-state index contributed by atoms with van der Waals surface area (Å²) in [6.45, 7) is 2.55. The Kier molecular flexibility index (Phi) is 5.07. The predicted molar refractivity (Wildman–Crippen MR) is 99.6 cm³/mol. The first-order valence-corrected chi connectivity index (χ1v) is 10.8. The van der Waals surface area contributed by atoms with Crippen LogP contribution in [0.5, 0.6) is 0 Å². The summed E-state index contributed by atoms with van der Waals surface area (Å²) in [5.41, 5.74) is 1.86. The third-order valence-electron chi connectivity index (χ3n) is 3.02. The average Bonchev–Trinajstić information content (AvgIpc) is 3.09. The predicted octanol–water partition coefficient (Wildman–Crippen LogP) is 3.80. The first-order chi connectivity index (χ1) is 10.6. The quantitative estimate of drug-likeness (QED) is 0.439. The third kappa shape index (κ3) is 3.18. The van der Waals surface area contributed by atoms with Crippen LogP contribution in [0.3, 0.4) is 0 Å². The number of anilines is 1. The molecule has 0 saturated carbocycles. The molecule has 3 aromatic heterocycles. The highest BCUT2D eigenvalue weighted by Crippen LogP contribution is 2.32. The Bertz CT molecular complexity index is 821. The molecule has 0 aromatic carbocycles. The molecule has 0 unspecified atom stereocenters. The molecule has 0 atom stereocenters. The number of thiazole rings is 1. The number of nitrogens with one attached hydrogen (secondary N) is 1. The molecule has 3 rings (SSSR count). The summed E-state index contributed by atoms with van der Waals surface area (Å²) < 4.78 is 1.96. The highest BCUT2D eigenvalue weighted by molar-refractivity contribution is 14.2. The molecule has 3 aromatic rings. The van der Waals surface area contributed by atoms with Gasteiger partial charge in [0.25, 0.3) is 0 Å². The SMILES string of the molecule is Cc1cn(SI)c2nc(Cl)nc(NCc3ncc(CO)s3)c12. The first kappa shape index (κ1) is 16.2. The lowest BCUT2D eigenvalue weighted by atomic mass is 10.2. The van der Waals surface area contributed by atoms with Gasteiger partial charge >= 0.3 is 0 Å². The molecule has 0 amide bonds. The van der Waals surface area contributed by atoms with E-state index in [0.29, 0.717) is 12.4 Å². The fourth-order valence-electron chi connectivity index (χ4n) is 2.09. The zero-order valence-corrected chi connectivity index (χ0v) is 15.9. The number of aromatic nitrogens is 4. The first-order valence-electron chi connectivity index (χ1n) is 6.25. The number of aliphatic hydroxyl groups is 1. The molecule has 0 radical (unpaired) electrons. The van der Waals surface area contributed by atoms with E-state index in [2.05, 4.69) is 41.5 Å². The molecule has 22 heavy (non-hydrogen) atoms. The lowest BCUT2D eigenvalue weighted by Gasteiger charge is -2.06. The van der Waals surface area contributed by atoms with Crippen molar-refractivity contribution in [1.82, 2.24) is 18.9 Å². The molecule has 0 spiro atoms. The molecule has 0 fully saturated rings. The monoisotopic (exact) mass is 467 g/mol. The molecule has 0 aliphatic carbocycles. The number of aliphatic hydroxyl groups excluding tert-OH is 1. The van der Waals surface area contributed by atoms with E-state index >= 15 is 0 Å². The van der Waals surface area contributed by atoms with Crippen molar-refractivity contribution in [2.45, 2.75) is 20.1 Å². The molecule has 6 nitrogen and oxygen atoms in total. The van der Waals surface area contributed by atoms with Crippen molar-refractivity contribution in [2.24, 2.45) is 0 Å². The van der Waals surface area contributed by atoms with Crippen molar-refractivity contribution in [1.29, 1.82) is 0 Å². The summed E-state index contributed by atoms with van der Waals surface area (Å²) in [6, 6.07) is 0. The maximum atomic E-state index is 9.09. The fraction of sp³-hybridized carbons (Fsp3) is 0.250. The summed E-state index contributed by atoms with van der Waals surface area (Å²) in [4.78, 5) is 13.7. The molecule has 10 heteroatoms. The molecular formula is C12H11ClIN5OS2. The second kappa shape index (κ2) is 6.87. The second-order valence-electron chi connectivity index (χ2n) is 4.48. The Morgan fingerprint density at radius 2 is 2.32 bits per heavy atom. The van der Waals surface area contributed by atoms with Crippen molar-refractivity contribution >= 4 is 70.1 Å².